The molecule has 0 amide bonds. The predicted octanol–water partition coefficient (Wildman–Crippen LogP) is 4.13. The van der Waals surface area contributed by atoms with E-state index in [0.29, 0.717) is 17.2 Å². The van der Waals surface area contributed by atoms with E-state index in [4.69, 9.17) is 5.26 Å². The first-order valence-corrected chi connectivity index (χ1v) is 6.42. The second kappa shape index (κ2) is 5.58. The zero-order valence-corrected chi connectivity index (χ0v) is 11.2. The molecule has 2 rings (SSSR count). The lowest BCUT2D eigenvalue weighted by atomic mass is 9.96. The van der Waals surface area contributed by atoms with E-state index in [1.165, 1.54) is 0 Å². The zero-order valence-electron chi connectivity index (χ0n) is 11.2. The van der Waals surface area contributed by atoms with Gasteiger partial charge < -0.3 is 5.11 Å². The Kier molecular flexibility index (Phi) is 3.87. The highest BCUT2D eigenvalue weighted by atomic mass is 16.3. The highest BCUT2D eigenvalue weighted by Crippen LogP contribution is 2.28. The van der Waals surface area contributed by atoms with Crippen LogP contribution in [0.5, 0.6) is 5.75 Å². The van der Waals surface area contributed by atoms with Crippen LogP contribution < -0.4 is 0 Å². The summed E-state index contributed by atoms with van der Waals surface area (Å²) in [7, 11) is 0. The molecule has 0 atom stereocenters. The second-order valence-electron chi connectivity index (χ2n) is 5.13. The van der Waals surface area contributed by atoms with Crippen LogP contribution in [-0.2, 0) is 6.42 Å². The Morgan fingerprint density at radius 2 is 1.84 bits per heavy atom. The Balaban J connectivity index is 2.42. The molecule has 2 aromatic rings. The Hall–Kier alpha value is -2.27. The van der Waals surface area contributed by atoms with E-state index in [-0.39, 0.29) is 0 Å². The van der Waals surface area contributed by atoms with Crippen molar-refractivity contribution in [3.8, 4) is 22.9 Å². The lowest BCUT2D eigenvalue weighted by Gasteiger charge is -2.10. The number of benzene rings is 2. The second-order valence-corrected chi connectivity index (χ2v) is 5.13. The van der Waals surface area contributed by atoms with E-state index in [1.54, 1.807) is 12.1 Å². The topological polar surface area (TPSA) is 44.0 Å². The molecule has 0 saturated carbocycles. The fourth-order valence-electron chi connectivity index (χ4n) is 2.14. The zero-order chi connectivity index (χ0) is 13.8. The highest BCUT2D eigenvalue weighted by molar-refractivity contribution is 5.67. The summed E-state index contributed by atoms with van der Waals surface area (Å²) in [4.78, 5) is 0. The molecule has 2 aromatic carbocycles. The maximum atomic E-state index is 9.88. The van der Waals surface area contributed by atoms with E-state index in [2.05, 4.69) is 19.9 Å². The Labute approximate surface area is 114 Å². The summed E-state index contributed by atoms with van der Waals surface area (Å²) in [5.74, 6) is 0.834. The van der Waals surface area contributed by atoms with Gasteiger partial charge in [-0.1, -0.05) is 32.0 Å². The van der Waals surface area contributed by atoms with Gasteiger partial charge in [0, 0.05) is 0 Å². The van der Waals surface area contributed by atoms with Gasteiger partial charge in [0.1, 0.15) is 5.75 Å². The molecule has 0 bridgehead atoms. The van der Waals surface area contributed by atoms with Crippen molar-refractivity contribution in [1.82, 2.24) is 0 Å². The van der Waals surface area contributed by atoms with Crippen molar-refractivity contribution < 1.29 is 5.11 Å². The van der Waals surface area contributed by atoms with Crippen molar-refractivity contribution in [3.05, 3.63) is 53.6 Å². The Bertz CT molecular complexity index is 623. The third kappa shape index (κ3) is 3.14. The molecule has 0 spiro atoms. The summed E-state index contributed by atoms with van der Waals surface area (Å²) >= 11 is 0. The summed E-state index contributed by atoms with van der Waals surface area (Å²) in [6, 6.07) is 15.3. The minimum absolute atomic E-state index is 0.342. The molecule has 0 aliphatic rings. The molecule has 2 heteroatoms. The average molecular weight is 251 g/mol. The maximum Gasteiger partial charge on any atom is 0.118 e. The van der Waals surface area contributed by atoms with Crippen molar-refractivity contribution in [2.45, 2.75) is 20.3 Å². The molecule has 1 N–H and O–H groups in total. The Morgan fingerprint density at radius 3 is 2.53 bits per heavy atom. The molecule has 19 heavy (non-hydrogen) atoms. The van der Waals surface area contributed by atoms with Gasteiger partial charge in [-0.3, -0.25) is 0 Å². The molecule has 0 radical (unpaired) electrons. The number of phenolic OH excluding ortho intramolecular Hbond substituents is 1. The predicted molar refractivity (Wildman–Crippen MR) is 76.8 cm³/mol. The molecule has 0 aromatic heterocycles. The molecule has 0 aliphatic heterocycles. The van der Waals surface area contributed by atoms with Gasteiger partial charge in [-0.25, -0.2) is 0 Å². The van der Waals surface area contributed by atoms with Crippen molar-refractivity contribution in [1.29, 1.82) is 5.26 Å². The summed E-state index contributed by atoms with van der Waals surface area (Å²) in [6.45, 7) is 4.25. The first-order chi connectivity index (χ1) is 9.10. The number of rotatable bonds is 3. The molecule has 0 aliphatic carbocycles. The molecule has 96 valence electrons. The maximum absolute atomic E-state index is 9.88. The first-order valence-electron chi connectivity index (χ1n) is 6.42. The van der Waals surface area contributed by atoms with E-state index in [1.807, 2.05) is 30.3 Å². The quantitative estimate of drug-likeness (QED) is 0.891. The van der Waals surface area contributed by atoms with Crippen LogP contribution in [-0.4, -0.2) is 5.11 Å². The van der Waals surface area contributed by atoms with Crippen molar-refractivity contribution in [2.75, 3.05) is 0 Å². The van der Waals surface area contributed by atoms with Gasteiger partial charge in [-0.05, 0) is 53.3 Å². The molecule has 0 unspecified atom stereocenters. The van der Waals surface area contributed by atoms with E-state index < -0.39 is 0 Å². The smallest absolute Gasteiger partial charge is 0.118 e. The van der Waals surface area contributed by atoms with Crippen LogP contribution in [0.1, 0.15) is 25.0 Å². The lowest BCUT2D eigenvalue weighted by molar-refractivity contribution is 0.462. The number of nitriles is 1. The summed E-state index contributed by atoms with van der Waals surface area (Å²) in [5.41, 5.74) is 3.64. The summed E-state index contributed by atoms with van der Waals surface area (Å²) in [5, 5.41) is 18.8. The van der Waals surface area contributed by atoms with Crippen LogP contribution >= 0.6 is 0 Å². The number of phenols is 1. The first kappa shape index (κ1) is 13.2. The van der Waals surface area contributed by atoms with Gasteiger partial charge in [-0.15, -0.1) is 0 Å². The largest absolute Gasteiger partial charge is 0.508 e. The monoisotopic (exact) mass is 251 g/mol. The average Bonchev–Trinajstić information content (AvgIpc) is 2.41. The fraction of sp³-hybridized carbons (Fsp3) is 0.235. The summed E-state index contributed by atoms with van der Waals surface area (Å²) in [6.07, 6.45) is 0.845. The normalized spacial score (nSPS) is 10.4. The molecule has 0 heterocycles. The fourth-order valence-corrected chi connectivity index (χ4v) is 2.14. The van der Waals surface area contributed by atoms with Crippen LogP contribution in [0.4, 0.5) is 0 Å². The summed E-state index contributed by atoms with van der Waals surface area (Å²) < 4.78 is 0. The standard InChI is InChI=1S/C17H17NO/c1-12(2)8-16-10-15(6-7-17(16)19)14-5-3-4-13(9-14)11-18/h3-7,9-10,12,19H,8H2,1-2H3. The van der Waals surface area contributed by atoms with Gasteiger partial charge >= 0.3 is 0 Å². The Morgan fingerprint density at radius 1 is 1.11 bits per heavy atom. The number of nitrogens with zero attached hydrogens (tertiary/aromatic N) is 1. The number of hydrogen-bond acceptors (Lipinski definition) is 2. The third-order valence-corrected chi connectivity index (χ3v) is 3.03. The minimum Gasteiger partial charge on any atom is -0.508 e. The van der Waals surface area contributed by atoms with Crippen LogP contribution in [0.25, 0.3) is 11.1 Å². The SMILES string of the molecule is CC(C)Cc1cc(-c2cccc(C#N)c2)ccc1O. The van der Waals surface area contributed by atoms with E-state index >= 15 is 0 Å². The highest BCUT2D eigenvalue weighted by Gasteiger charge is 2.07. The van der Waals surface area contributed by atoms with Gasteiger partial charge in [-0.2, -0.15) is 5.26 Å². The van der Waals surface area contributed by atoms with E-state index in [0.717, 1.165) is 23.1 Å². The number of aromatic hydroxyl groups is 1. The van der Waals surface area contributed by atoms with Crippen LogP contribution in [0.15, 0.2) is 42.5 Å². The van der Waals surface area contributed by atoms with Gasteiger partial charge in [0.2, 0.25) is 0 Å². The van der Waals surface area contributed by atoms with Crippen LogP contribution in [0.3, 0.4) is 0 Å². The van der Waals surface area contributed by atoms with Crippen LogP contribution in [0, 0.1) is 17.2 Å². The number of hydrogen-bond donors (Lipinski definition) is 1. The van der Waals surface area contributed by atoms with Crippen molar-refractivity contribution >= 4 is 0 Å². The van der Waals surface area contributed by atoms with E-state index in [9.17, 15) is 5.11 Å². The minimum atomic E-state index is 0.342. The molecule has 0 saturated heterocycles. The van der Waals surface area contributed by atoms with Crippen molar-refractivity contribution in [3.63, 3.8) is 0 Å². The molecular weight excluding hydrogens is 234 g/mol. The third-order valence-electron chi connectivity index (χ3n) is 3.03. The van der Waals surface area contributed by atoms with Crippen LogP contribution in [0.2, 0.25) is 0 Å². The molecule has 0 fully saturated rings. The molecule has 2 nitrogen and oxygen atoms in total. The van der Waals surface area contributed by atoms with Gasteiger partial charge in [0.25, 0.3) is 0 Å². The van der Waals surface area contributed by atoms with Gasteiger partial charge in [0.05, 0.1) is 11.6 Å². The van der Waals surface area contributed by atoms with Gasteiger partial charge in [0.15, 0.2) is 0 Å². The van der Waals surface area contributed by atoms with Crippen molar-refractivity contribution in [2.24, 2.45) is 5.92 Å². The lowest BCUT2D eigenvalue weighted by Crippen LogP contribution is -1.95. The molecular formula is C17H17NO.